The molecule has 0 atom stereocenters. The molecular weight excluding hydrogens is 713 g/mol. The molecule has 0 radical (unpaired) electrons. The molecule has 1 aliphatic carbocycles. The average Bonchev–Trinajstić information content (AvgIpc) is 3.80. The Bertz CT molecular complexity index is 3170. The second kappa shape index (κ2) is 12.5. The minimum absolute atomic E-state index is 0.372. The molecule has 0 unspecified atom stereocenters. The lowest BCUT2D eigenvalue weighted by atomic mass is 9.67. The molecule has 0 amide bonds. The zero-order chi connectivity index (χ0) is 37.5. The third-order valence-corrected chi connectivity index (χ3v) is 12.9. The third-order valence-electron chi connectivity index (χ3n) is 11.8. The summed E-state index contributed by atoms with van der Waals surface area (Å²) in [6.07, 6.45) is 0. The smallest absolute Gasteiger partial charge is 0.160 e. The second-order valence-corrected chi connectivity index (χ2v) is 15.9. The monoisotopic (exact) mass is 744 g/mol. The fraction of sp³-hybridized carbons (Fsp3) is 0.0189. The lowest BCUT2D eigenvalue weighted by Gasteiger charge is -2.39. The van der Waals surface area contributed by atoms with E-state index in [9.17, 15) is 0 Å². The highest BCUT2D eigenvalue weighted by Gasteiger charge is 2.50. The van der Waals surface area contributed by atoms with Gasteiger partial charge in [0.25, 0.3) is 0 Å². The quantitative estimate of drug-likeness (QED) is 0.180. The highest BCUT2D eigenvalue weighted by Crippen LogP contribution is 2.62. The van der Waals surface area contributed by atoms with Crippen molar-refractivity contribution in [2.45, 2.75) is 15.2 Å². The number of nitrogens with zero attached hydrogens (tertiary/aromatic N) is 2. The number of benzene rings is 8. The van der Waals surface area contributed by atoms with E-state index in [1.54, 1.807) is 0 Å². The van der Waals surface area contributed by atoms with Crippen molar-refractivity contribution in [1.82, 2.24) is 9.97 Å². The molecular formula is C53H32N2OS. The molecule has 10 aromatic rings. The fourth-order valence-electron chi connectivity index (χ4n) is 9.22. The number of hydrogen-bond donors (Lipinski definition) is 0. The third kappa shape index (κ3) is 4.87. The van der Waals surface area contributed by atoms with Crippen LogP contribution in [-0.2, 0) is 5.41 Å². The maximum absolute atomic E-state index is 6.25. The van der Waals surface area contributed by atoms with Crippen molar-refractivity contribution in [1.29, 1.82) is 0 Å². The van der Waals surface area contributed by atoms with E-state index in [4.69, 9.17) is 14.4 Å². The summed E-state index contributed by atoms with van der Waals surface area (Å²) in [4.78, 5) is 12.8. The van der Waals surface area contributed by atoms with E-state index >= 15 is 0 Å². The van der Waals surface area contributed by atoms with Crippen LogP contribution in [0.1, 0.15) is 22.3 Å². The van der Waals surface area contributed by atoms with Crippen molar-refractivity contribution >= 4 is 33.7 Å². The van der Waals surface area contributed by atoms with E-state index in [0.29, 0.717) is 5.82 Å². The Morgan fingerprint density at radius 2 is 0.930 bits per heavy atom. The van der Waals surface area contributed by atoms with Crippen LogP contribution in [0.3, 0.4) is 0 Å². The van der Waals surface area contributed by atoms with Gasteiger partial charge in [0.1, 0.15) is 11.2 Å². The van der Waals surface area contributed by atoms with E-state index < -0.39 is 0 Å². The summed E-state index contributed by atoms with van der Waals surface area (Å²) in [5.74, 6) is 0.661. The number of fused-ring (bicyclic) bond motifs is 12. The van der Waals surface area contributed by atoms with Gasteiger partial charge in [-0.15, -0.1) is 0 Å². The molecule has 1 spiro atoms. The van der Waals surface area contributed by atoms with Crippen molar-refractivity contribution < 1.29 is 4.42 Å². The number of furan rings is 1. The topological polar surface area (TPSA) is 38.9 Å². The van der Waals surface area contributed by atoms with Crippen LogP contribution < -0.4 is 0 Å². The molecule has 57 heavy (non-hydrogen) atoms. The van der Waals surface area contributed by atoms with Crippen LogP contribution in [0.5, 0.6) is 0 Å². The molecule has 2 aliphatic rings. The standard InChI is InChI=1S/C53H32N2OS/c1-2-12-34(13-3-1)46-32-47(55-52(54-46)37-26-28-41-40-16-6-10-20-48(40)56-49(41)30-37)35-24-22-33(23-25-35)36-27-29-45-51(31-36)57-50-21-11-9-19-44(50)53(45)42-17-7-4-14-38(42)39-15-5-8-18-43(39)53/h1-32H. The molecule has 0 bridgehead atoms. The minimum Gasteiger partial charge on any atom is -0.456 e. The summed E-state index contributed by atoms with van der Waals surface area (Å²) in [6, 6.07) is 69.6. The average molecular weight is 745 g/mol. The maximum atomic E-state index is 6.25. The van der Waals surface area contributed by atoms with Crippen LogP contribution in [0.25, 0.3) is 78.1 Å². The highest BCUT2D eigenvalue weighted by atomic mass is 32.2. The Kier molecular flexibility index (Phi) is 7.08. The number of rotatable bonds is 4. The zero-order valence-corrected chi connectivity index (χ0v) is 31.5. The van der Waals surface area contributed by atoms with E-state index in [1.807, 2.05) is 48.2 Å². The summed E-state index contributed by atoms with van der Waals surface area (Å²) in [6.45, 7) is 0. The van der Waals surface area contributed by atoms with E-state index in [0.717, 1.165) is 55.6 Å². The lowest BCUT2D eigenvalue weighted by Crippen LogP contribution is -2.31. The Morgan fingerprint density at radius 1 is 0.368 bits per heavy atom. The second-order valence-electron chi connectivity index (χ2n) is 14.9. The van der Waals surface area contributed by atoms with E-state index in [2.05, 4.69) is 158 Å². The van der Waals surface area contributed by atoms with Crippen LogP contribution in [0.2, 0.25) is 0 Å². The van der Waals surface area contributed by atoms with Crippen LogP contribution in [0.4, 0.5) is 0 Å². The Morgan fingerprint density at radius 3 is 1.70 bits per heavy atom. The first-order valence-corrected chi connectivity index (χ1v) is 20.1. The first-order valence-electron chi connectivity index (χ1n) is 19.3. The summed E-state index contributed by atoms with van der Waals surface area (Å²) in [5, 5.41) is 2.19. The van der Waals surface area contributed by atoms with Gasteiger partial charge >= 0.3 is 0 Å². The zero-order valence-electron chi connectivity index (χ0n) is 30.7. The van der Waals surface area contributed by atoms with Crippen LogP contribution >= 0.6 is 11.8 Å². The van der Waals surface area contributed by atoms with Crippen molar-refractivity contribution in [3.05, 3.63) is 216 Å². The lowest BCUT2D eigenvalue weighted by molar-refractivity contribution is 0.669. The first kappa shape index (κ1) is 32.3. The molecule has 0 N–H and O–H groups in total. The van der Waals surface area contributed by atoms with Gasteiger partial charge in [0.05, 0.1) is 16.8 Å². The van der Waals surface area contributed by atoms with Gasteiger partial charge in [-0.05, 0) is 80.9 Å². The summed E-state index contributed by atoms with van der Waals surface area (Å²) in [5.41, 5.74) is 16.5. The van der Waals surface area contributed by atoms with Gasteiger partial charge in [-0.1, -0.05) is 169 Å². The predicted octanol–water partition coefficient (Wildman–Crippen LogP) is 13.9. The van der Waals surface area contributed by atoms with E-state index in [1.165, 1.54) is 48.7 Å². The van der Waals surface area contributed by atoms with Crippen LogP contribution in [0, 0.1) is 0 Å². The molecule has 3 nitrogen and oxygen atoms in total. The van der Waals surface area contributed by atoms with Crippen molar-refractivity contribution in [2.24, 2.45) is 0 Å². The molecule has 0 fully saturated rings. The maximum Gasteiger partial charge on any atom is 0.160 e. The number of para-hydroxylation sites is 1. The van der Waals surface area contributed by atoms with Gasteiger partial charge in [-0.25, -0.2) is 9.97 Å². The van der Waals surface area contributed by atoms with Gasteiger partial charge in [0.15, 0.2) is 5.82 Å². The molecule has 3 heterocycles. The first-order chi connectivity index (χ1) is 28.2. The molecule has 0 saturated heterocycles. The van der Waals surface area contributed by atoms with Gasteiger partial charge in [-0.2, -0.15) is 0 Å². The van der Waals surface area contributed by atoms with Gasteiger partial charge in [-0.3, -0.25) is 0 Å². The minimum atomic E-state index is -0.372. The van der Waals surface area contributed by atoms with Crippen molar-refractivity contribution in [3.8, 4) is 56.2 Å². The van der Waals surface area contributed by atoms with Gasteiger partial charge in [0.2, 0.25) is 0 Å². The highest BCUT2D eigenvalue weighted by molar-refractivity contribution is 7.99. The molecule has 1 aliphatic heterocycles. The van der Waals surface area contributed by atoms with Crippen molar-refractivity contribution in [3.63, 3.8) is 0 Å². The fourth-order valence-corrected chi connectivity index (χ4v) is 10.5. The Labute approximate surface area is 334 Å². The molecule has 8 aromatic carbocycles. The predicted molar refractivity (Wildman–Crippen MR) is 232 cm³/mol. The number of hydrogen-bond acceptors (Lipinski definition) is 4. The summed E-state index contributed by atoms with van der Waals surface area (Å²) in [7, 11) is 0. The molecule has 266 valence electrons. The largest absolute Gasteiger partial charge is 0.456 e. The summed E-state index contributed by atoms with van der Waals surface area (Å²) >= 11 is 1.88. The number of aromatic nitrogens is 2. The van der Waals surface area contributed by atoms with E-state index in [-0.39, 0.29) is 5.41 Å². The van der Waals surface area contributed by atoms with Gasteiger partial charge < -0.3 is 4.42 Å². The molecule has 4 heteroatoms. The SMILES string of the molecule is c1ccc(-c2cc(-c3ccc(-c4ccc5c(c4)Sc4ccccc4C54c5ccccc5-c5ccccc54)cc3)nc(-c3ccc4c(c3)oc3ccccc34)n2)cc1. The normalized spacial score (nSPS) is 13.3. The van der Waals surface area contributed by atoms with Gasteiger partial charge in [0, 0.05) is 37.3 Å². The van der Waals surface area contributed by atoms with Crippen molar-refractivity contribution in [2.75, 3.05) is 0 Å². The Hall–Kier alpha value is -7.01. The molecule has 0 saturated carbocycles. The molecule has 12 rings (SSSR count). The van der Waals surface area contributed by atoms with Crippen LogP contribution in [-0.4, -0.2) is 9.97 Å². The Balaban J connectivity index is 0.953. The molecule has 2 aromatic heterocycles. The van der Waals surface area contributed by atoms with Crippen LogP contribution in [0.15, 0.2) is 208 Å². The summed E-state index contributed by atoms with van der Waals surface area (Å²) < 4.78 is 6.25.